The van der Waals surface area contributed by atoms with E-state index in [9.17, 15) is 0 Å². The van der Waals surface area contributed by atoms with Gasteiger partial charge in [-0.3, -0.25) is 16.3 Å². The topological polar surface area (TPSA) is 60.2 Å². The summed E-state index contributed by atoms with van der Waals surface area (Å²) in [5, 5.41) is 0. The number of hydrazine groups is 1. The Morgan fingerprint density at radius 3 is 2.20 bits per heavy atom. The molecule has 4 nitrogen and oxygen atoms in total. The molecule has 20 heavy (non-hydrogen) atoms. The van der Waals surface area contributed by atoms with Crippen LogP contribution in [-0.4, -0.2) is 16.2 Å². The molecule has 1 aromatic heterocycles. The summed E-state index contributed by atoms with van der Waals surface area (Å²) in [5.74, 6) is 6.19. The maximum absolute atomic E-state index is 6.20. The first-order chi connectivity index (χ1) is 9.14. The summed E-state index contributed by atoms with van der Waals surface area (Å²) >= 11 is 0. The van der Waals surface area contributed by atoms with Gasteiger partial charge in [0.1, 0.15) is 0 Å². The van der Waals surface area contributed by atoms with E-state index in [4.69, 9.17) is 10.6 Å². The van der Waals surface area contributed by atoms with Gasteiger partial charge in [-0.25, -0.2) is 0 Å². The first-order valence-electron chi connectivity index (χ1n) is 7.26. The highest BCUT2D eigenvalue weighted by Gasteiger charge is 2.49. The molecule has 2 rings (SSSR count). The molecule has 0 saturated carbocycles. The van der Waals surface area contributed by atoms with Gasteiger partial charge in [-0.1, -0.05) is 0 Å². The van der Waals surface area contributed by atoms with E-state index < -0.39 is 0 Å². The molecule has 0 radical (unpaired) electrons. The van der Waals surface area contributed by atoms with Crippen LogP contribution in [0.25, 0.3) is 0 Å². The van der Waals surface area contributed by atoms with Crippen LogP contribution in [0.1, 0.15) is 57.1 Å². The monoisotopic (exact) mass is 277 g/mol. The molecule has 112 valence electrons. The molecule has 1 aliphatic heterocycles. The SMILES string of the molecule is Cc1cc(C(NN)C2CC(C)(C)OC2(C)C)cc(C)n1. The molecule has 0 aromatic carbocycles. The molecule has 1 saturated heterocycles. The lowest BCUT2D eigenvalue weighted by Gasteiger charge is -2.33. The average Bonchev–Trinajstić information content (AvgIpc) is 2.46. The molecule has 4 heteroatoms. The Bertz CT molecular complexity index is 476. The third-order valence-electron chi connectivity index (χ3n) is 4.19. The number of ether oxygens (including phenoxy) is 1. The molecular weight excluding hydrogens is 250 g/mol. The minimum atomic E-state index is -0.203. The Labute approximate surface area is 122 Å². The third kappa shape index (κ3) is 3.03. The van der Waals surface area contributed by atoms with Crippen LogP contribution >= 0.6 is 0 Å². The van der Waals surface area contributed by atoms with Crippen LogP contribution in [0.3, 0.4) is 0 Å². The van der Waals surface area contributed by atoms with Crippen molar-refractivity contribution in [2.45, 2.75) is 65.2 Å². The second-order valence-corrected chi connectivity index (χ2v) is 7.10. The quantitative estimate of drug-likeness (QED) is 0.659. The van der Waals surface area contributed by atoms with Crippen molar-refractivity contribution in [3.63, 3.8) is 0 Å². The van der Waals surface area contributed by atoms with Crippen molar-refractivity contribution < 1.29 is 4.74 Å². The first kappa shape index (κ1) is 15.4. The van der Waals surface area contributed by atoms with E-state index in [-0.39, 0.29) is 17.2 Å². The van der Waals surface area contributed by atoms with Crippen LogP contribution in [0.5, 0.6) is 0 Å². The summed E-state index contributed by atoms with van der Waals surface area (Å²) in [7, 11) is 0. The summed E-state index contributed by atoms with van der Waals surface area (Å²) in [6.07, 6.45) is 0.981. The van der Waals surface area contributed by atoms with E-state index in [0.29, 0.717) is 5.92 Å². The van der Waals surface area contributed by atoms with Gasteiger partial charge in [0, 0.05) is 17.3 Å². The second-order valence-electron chi connectivity index (χ2n) is 7.10. The van der Waals surface area contributed by atoms with E-state index in [1.54, 1.807) is 0 Å². The Kier molecular flexibility index (Phi) is 3.93. The van der Waals surface area contributed by atoms with E-state index in [0.717, 1.165) is 17.8 Å². The number of hydrogen-bond donors (Lipinski definition) is 2. The van der Waals surface area contributed by atoms with E-state index in [1.165, 1.54) is 5.56 Å². The van der Waals surface area contributed by atoms with Gasteiger partial charge in [0.25, 0.3) is 0 Å². The number of aromatic nitrogens is 1. The Hall–Kier alpha value is -0.970. The summed E-state index contributed by atoms with van der Waals surface area (Å²) in [6, 6.07) is 4.30. The summed E-state index contributed by atoms with van der Waals surface area (Å²) in [4.78, 5) is 4.44. The number of rotatable bonds is 3. The van der Waals surface area contributed by atoms with Crippen LogP contribution in [0, 0.1) is 19.8 Å². The fraction of sp³-hybridized carbons (Fsp3) is 0.688. The minimum Gasteiger partial charge on any atom is -0.369 e. The molecule has 0 aliphatic carbocycles. The average molecular weight is 277 g/mol. The Morgan fingerprint density at radius 2 is 1.80 bits per heavy atom. The van der Waals surface area contributed by atoms with Crippen molar-refractivity contribution >= 4 is 0 Å². The summed E-state index contributed by atoms with van der Waals surface area (Å²) in [5.41, 5.74) is 5.93. The highest BCUT2D eigenvalue weighted by molar-refractivity contribution is 5.25. The number of pyridine rings is 1. The van der Waals surface area contributed by atoms with Crippen molar-refractivity contribution in [1.82, 2.24) is 10.4 Å². The van der Waals surface area contributed by atoms with Gasteiger partial charge >= 0.3 is 0 Å². The lowest BCUT2D eigenvalue weighted by Crippen LogP contribution is -2.41. The van der Waals surface area contributed by atoms with Gasteiger partial charge in [0.15, 0.2) is 0 Å². The third-order valence-corrected chi connectivity index (χ3v) is 4.19. The molecule has 1 fully saturated rings. The van der Waals surface area contributed by atoms with Crippen LogP contribution in [0.2, 0.25) is 0 Å². The van der Waals surface area contributed by atoms with Gasteiger partial charge in [0.05, 0.1) is 17.2 Å². The van der Waals surface area contributed by atoms with Gasteiger partial charge < -0.3 is 4.74 Å². The maximum atomic E-state index is 6.20. The van der Waals surface area contributed by atoms with Gasteiger partial charge in [0.2, 0.25) is 0 Å². The largest absolute Gasteiger partial charge is 0.369 e. The number of nitrogens with one attached hydrogen (secondary N) is 1. The molecule has 2 unspecified atom stereocenters. The normalized spacial score (nSPS) is 25.6. The van der Waals surface area contributed by atoms with E-state index in [1.807, 2.05) is 13.8 Å². The smallest absolute Gasteiger partial charge is 0.0681 e. The van der Waals surface area contributed by atoms with Crippen molar-refractivity contribution in [2.75, 3.05) is 0 Å². The van der Waals surface area contributed by atoms with Crippen molar-refractivity contribution in [2.24, 2.45) is 11.8 Å². The second kappa shape index (κ2) is 5.10. The number of hydrogen-bond acceptors (Lipinski definition) is 4. The Morgan fingerprint density at radius 1 is 1.25 bits per heavy atom. The number of nitrogens with two attached hydrogens (primary N) is 1. The number of aryl methyl sites for hydroxylation is 2. The van der Waals surface area contributed by atoms with Crippen molar-refractivity contribution in [1.29, 1.82) is 0 Å². The standard InChI is InChI=1S/C16H27N3O/c1-10-7-12(8-11(2)18-10)14(19-17)13-9-15(3,4)20-16(13,5)6/h7-8,13-14,19H,9,17H2,1-6H3. The maximum Gasteiger partial charge on any atom is 0.0681 e. The minimum absolute atomic E-state index is 0.0761. The predicted octanol–water partition coefficient (Wildman–Crippen LogP) is 2.80. The molecule has 0 amide bonds. The molecule has 0 spiro atoms. The molecule has 3 N–H and O–H groups in total. The number of nitrogens with zero attached hydrogens (tertiary/aromatic N) is 1. The van der Waals surface area contributed by atoms with Crippen LogP contribution in [-0.2, 0) is 4.74 Å². The van der Waals surface area contributed by atoms with Gasteiger partial charge in [-0.05, 0) is 65.7 Å². The van der Waals surface area contributed by atoms with Crippen LogP contribution in [0.4, 0.5) is 0 Å². The predicted molar refractivity (Wildman–Crippen MR) is 81.1 cm³/mol. The fourth-order valence-corrected chi connectivity index (χ4v) is 3.62. The first-order valence-corrected chi connectivity index (χ1v) is 7.26. The zero-order valence-corrected chi connectivity index (χ0v) is 13.4. The van der Waals surface area contributed by atoms with Crippen LogP contribution < -0.4 is 11.3 Å². The highest BCUT2D eigenvalue weighted by Crippen LogP contribution is 2.47. The highest BCUT2D eigenvalue weighted by atomic mass is 16.5. The van der Waals surface area contributed by atoms with Crippen molar-refractivity contribution in [3.8, 4) is 0 Å². The molecule has 2 heterocycles. The van der Waals surface area contributed by atoms with Crippen molar-refractivity contribution in [3.05, 3.63) is 29.1 Å². The summed E-state index contributed by atoms with van der Waals surface area (Å²) < 4.78 is 6.20. The van der Waals surface area contributed by atoms with E-state index in [2.05, 4.69) is 50.2 Å². The zero-order chi connectivity index (χ0) is 15.1. The zero-order valence-electron chi connectivity index (χ0n) is 13.4. The lowest BCUT2D eigenvalue weighted by molar-refractivity contribution is -0.0779. The molecule has 0 bridgehead atoms. The molecule has 2 atom stereocenters. The van der Waals surface area contributed by atoms with E-state index >= 15 is 0 Å². The molecule has 1 aromatic rings. The van der Waals surface area contributed by atoms with Gasteiger partial charge in [-0.15, -0.1) is 0 Å². The Balaban J connectivity index is 2.37. The van der Waals surface area contributed by atoms with Crippen LogP contribution in [0.15, 0.2) is 12.1 Å². The fourth-order valence-electron chi connectivity index (χ4n) is 3.62. The van der Waals surface area contributed by atoms with Gasteiger partial charge in [-0.2, -0.15) is 0 Å². The molecule has 1 aliphatic rings. The summed E-state index contributed by atoms with van der Waals surface area (Å²) in [6.45, 7) is 12.6. The lowest BCUT2D eigenvalue weighted by atomic mass is 9.79. The molecular formula is C16H27N3O.